The smallest absolute Gasteiger partial charge is 0.336 e. The second-order valence-electron chi connectivity index (χ2n) is 5.44. The van der Waals surface area contributed by atoms with E-state index in [-0.39, 0.29) is 17.9 Å². The molecule has 4 amide bonds. The molecule has 0 atom stereocenters. The van der Waals surface area contributed by atoms with Gasteiger partial charge < -0.3 is 4.74 Å². The molecule has 0 radical (unpaired) electrons. The molecular weight excluding hydrogens is 351 g/mol. The molecule has 1 N–H and O–H groups in total. The lowest BCUT2D eigenvalue weighted by Crippen LogP contribution is -2.54. The Bertz CT molecular complexity index is 1010. The Morgan fingerprint density at radius 2 is 1.81 bits per heavy atom. The van der Waals surface area contributed by atoms with Crippen molar-refractivity contribution in [1.82, 2.24) is 5.32 Å². The summed E-state index contributed by atoms with van der Waals surface area (Å²) in [6.07, 6.45) is 6.45. The molecule has 134 valence electrons. The van der Waals surface area contributed by atoms with E-state index in [9.17, 15) is 18.8 Å². The Labute approximate surface area is 154 Å². The molecule has 3 rings (SSSR count). The van der Waals surface area contributed by atoms with E-state index in [1.807, 2.05) is 5.32 Å². The van der Waals surface area contributed by atoms with Crippen LogP contribution in [-0.4, -0.2) is 24.5 Å². The number of hydrogen-bond acceptors (Lipinski definition) is 4. The molecule has 1 aliphatic rings. The zero-order valence-electron chi connectivity index (χ0n) is 13.9. The van der Waals surface area contributed by atoms with Crippen LogP contribution >= 0.6 is 0 Å². The van der Waals surface area contributed by atoms with Gasteiger partial charge in [-0.1, -0.05) is 36.3 Å². The Hall–Kier alpha value is -3.92. The first-order chi connectivity index (χ1) is 13.0. The number of nitrogens with zero attached hydrogens (tertiary/aromatic N) is 1. The number of anilines is 1. The summed E-state index contributed by atoms with van der Waals surface area (Å²) in [5, 5.41) is 2.04. The number of carbonyl (C=O) groups excluding carboxylic acids is 3. The molecular formula is C20H13FN2O4. The fourth-order valence-electron chi connectivity index (χ4n) is 2.52. The standard InChI is InChI=1S/C20H13FN2O4/c1-2-11-27-17-10-6-3-7-13(17)12-14-18(24)22-20(26)23(19(14)25)16-9-5-4-8-15(16)21/h1,3-10,12H,11H2,(H,22,24,26)/b14-12+. The maximum absolute atomic E-state index is 14.1. The molecule has 7 heteroatoms. The monoisotopic (exact) mass is 364 g/mol. The highest BCUT2D eigenvalue weighted by Gasteiger charge is 2.38. The van der Waals surface area contributed by atoms with Crippen molar-refractivity contribution in [2.24, 2.45) is 0 Å². The van der Waals surface area contributed by atoms with E-state index in [0.29, 0.717) is 16.2 Å². The van der Waals surface area contributed by atoms with Crippen LogP contribution in [0.3, 0.4) is 0 Å². The number of amides is 4. The fraction of sp³-hybridized carbons (Fsp3) is 0.0500. The van der Waals surface area contributed by atoms with Crippen LogP contribution < -0.4 is 15.0 Å². The molecule has 0 unspecified atom stereocenters. The summed E-state index contributed by atoms with van der Waals surface area (Å²) in [6.45, 7) is 0.000166. The van der Waals surface area contributed by atoms with Gasteiger partial charge in [0.15, 0.2) is 0 Å². The molecule has 1 fully saturated rings. The number of terminal acetylenes is 1. The van der Waals surface area contributed by atoms with Gasteiger partial charge in [-0.3, -0.25) is 14.9 Å². The highest BCUT2D eigenvalue weighted by Crippen LogP contribution is 2.26. The highest BCUT2D eigenvalue weighted by molar-refractivity contribution is 6.39. The second-order valence-corrected chi connectivity index (χ2v) is 5.44. The van der Waals surface area contributed by atoms with Crippen molar-refractivity contribution < 1.29 is 23.5 Å². The van der Waals surface area contributed by atoms with Crippen LogP contribution in [0.15, 0.2) is 54.1 Å². The van der Waals surface area contributed by atoms with Crippen molar-refractivity contribution in [2.45, 2.75) is 0 Å². The third kappa shape index (κ3) is 3.55. The predicted octanol–water partition coefficient (Wildman–Crippen LogP) is 2.50. The van der Waals surface area contributed by atoms with Crippen LogP contribution in [-0.2, 0) is 9.59 Å². The molecule has 0 saturated carbocycles. The number of rotatable bonds is 4. The van der Waals surface area contributed by atoms with Gasteiger partial charge in [0, 0.05) is 5.56 Å². The molecule has 0 bridgehead atoms. The maximum atomic E-state index is 14.1. The quantitative estimate of drug-likeness (QED) is 0.514. The summed E-state index contributed by atoms with van der Waals surface area (Å²) < 4.78 is 19.4. The highest BCUT2D eigenvalue weighted by atomic mass is 19.1. The molecule has 1 saturated heterocycles. The van der Waals surface area contributed by atoms with Crippen LogP contribution in [0.2, 0.25) is 0 Å². The van der Waals surface area contributed by atoms with Gasteiger partial charge in [0.25, 0.3) is 11.8 Å². The van der Waals surface area contributed by atoms with Gasteiger partial charge in [0.05, 0.1) is 5.69 Å². The minimum Gasteiger partial charge on any atom is -0.480 e. The molecule has 1 heterocycles. The summed E-state index contributed by atoms with van der Waals surface area (Å²) in [6, 6.07) is 10.9. The Morgan fingerprint density at radius 3 is 2.56 bits per heavy atom. The molecule has 0 aromatic heterocycles. The largest absolute Gasteiger partial charge is 0.480 e. The van der Waals surface area contributed by atoms with E-state index < -0.39 is 23.7 Å². The molecule has 2 aromatic rings. The molecule has 1 aliphatic heterocycles. The maximum Gasteiger partial charge on any atom is 0.336 e. The normalized spacial score (nSPS) is 15.5. The van der Waals surface area contributed by atoms with Crippen molar-refractivity contribution >= 4 is 29.6 Å². The first-order valence-corrected chi connectivity index (χ1v) is 7.84. The predicted molar refractivity (Wildman–Crippen MR) is 96.2 cm³/mol. The summed E-state index contributed by atoms with van der Waals surface area (Å²) in [5.74, 6) is 0.0810. The summed E-state index contributed by atoms with van der Waals surface area (Å²) in [5.41, 5.74) is -0.182. The van der Waals surface area contributed by atoms with Crippen LogP contribution in [0.1, 0.15) is 5.56 Å². The lowest BCUT2D eigenvalue weighted by molar-refractivity contribution is -0.122. The Morgan fingerprint density at radius 1 is 1.11 bits per heavy atom. The van der Waals surface area contributed by atoms with Crippen LogP contribution in [0.4, 0.5) is 14.9 Å². The van der Waals surface area contributed by atoms with Gasteiger partial charge in [0.1, 0.15) is 23.7 Å². The number of halogens is 1. The van der Waals surface area contributed by atoms with Gasteiger partial charge in [-0.25, -0.2) is 14.1 Å². The third-order valence-corrected chi connectivity index (χ3v) is 3.72. The number of nitrogens with one attached hydrogen (secondary N) is 1. The van der Waals surface area contributed by atoms with Crippen LogP contribution in [0, 0.1) is 18.2 Å². The van der Waals surface area contributed by atoms with E-state index in [4.69, 9.17) is 11.2 Å². The Kier molecular flexibility index (Phi) is 4.99. The molecule has 2 aromatic carbocycles. The third-order valence-electron chi connectivity index (χ3n) is 3.72. The number of urea groups is 1. The minimum atomic E-state index is -1.02. The number of imide groups is 2. The molecule has 0 aliphatic carbocycles. The Balaban J connectivity index is 2.03. The average Bonchev–Trinajstić information content (AvgIpc) is 2.65. The SMILES string of the molecule is C#CCOc1ccccc1/C=C1\C(=O)NC(=O)N(c2ccccc2F)C1=O. The minimum absolute atomic E-state index is 0.000166. The number of para-hydroxylation sites is 2. The number of benzene rings is 2. The van der Waals surface area contributed by atoms with Gasteiger partial charge in [-0.05, 0) is 24.3 Å². The molecule has 27 heavy (non-hydrogen) atoms. The van der Waals surface area contributed by atoms with Crippen LogP contribution in [0.25, 0.3) is 6.08 Å². The number of ether oxygens (including phenoxy) is 1. The van der Waals surface area contributed by atoms with Gasteiger partial charge in [0.2, 0.25) is 0 Å². The van der Waals surface area contributed by atoms with E-state index in [0.717, 1.165) is 6.07 Å². The fourth-order valence-corrected chi connectivity index (χ4v) is 2.52. The van der Waals surface area contributed by atoms with Crippen molar-refractivity contribution in [2.75, 3.05) is 11.5 Å². The van der Waals surface area contributed by atoms with E-state index >= 15 is 0 Å². The lowest BCUT2D eigenvalue weighted by Gasteiger charge is -2.26. The van der Waals surface area contributed by atoms with E-state index in [2.05, 4.69) is 5.92 Å². The number of barbiturate groups is 1. The molecule has 0 spiro atoms. The van der Waals surface area contributed by atoms with Gasteiger partial charge in [-0.2, -0.15) is 0 Å². The van der Waals surface area contributed by atoms with Crippen molar-refractivity contribution in [3.63, 3.8) is 0 Å². The number of hydrogen-bond donors (Lipinski definition) is 1. The second kappa shape index (κ2) is 7.54. The van der Waals surface area contributed by atoms with Crippen molar-refractivity contribution in [3.05, 3.63) is 65.5 Å². The summed E-state index contributed by atoms with van der Waals surface area (Å²) >= 11 is 0. The molecule has 6 nitrogen and oxygen atoms in total. The topological polar surface area (TPSA) is 75.7 Å². The van der Waals surface area contributed by atoms with Crippen LogP contribution in [0.5, 0.6) is 5.75 Å². The summed E-state index contributed by atoms with van der Waals surface area (Å²) in [7, 11) is 0. The zero-order chi connectivity index (χ0) is 19.4. The van der Waals surface area contributed by atoms with E-state index in [1.54, 1.807) is 24.3 Å². The van der Waals surface area contributed by atoms with E-state index in [1.165, 1.54) is 24.3 Å². The lowest BCUT2D eigenvalue weighted by atomic mass is 10.1. The zero-order valence-corrected chi connectivity index (χ0v) is 13.9. The van der Waals surface area contributed by atoms with Crippen molar-refractivity contribution in [3.8, 4) is 18.1 Å². The first-order valence-electron chi connectivity index (χ1n) is 7.84. The van der Waals surface area contributed by atoms with Crippen molar-refractivity contribution in [1.29, 1.82) is 0 Å². The summed E-state index contributed by atoms with van der Waals surface area (Å²) in [4.78, 5) is 37.6. The van der Waals surface area contributed by atoms with Gasteiger partial charge >= 0.3 is 6.03 Å². The number of carbonyl (C=O) groups is 3. The average molecular weight is 364 g/mol. The van der Waals surface area contributed by atoms with Gasteiger partial charge in [-0.15, -0.1) is 6.42 Å². The first kappa shape index (κ1) is 17.9.